The van der Waals surface area contributed by atoms with Gasteiger partial charge in [0.25, 0.3) is 0 Å². The van der Waals surface area contributed by atoms with E-state index < -0.39 is 5.41 Å². The summed E-state index contributed by atoms with van der Waals surface area (Å²) in [5.41, 5.74) is 16.4. The third-order valence-electron chi connectivity index (χ3n) is 11.4. The van der Waals surface area contributed by atoms with Gasteiger partial charge in [-0.25, -0.2) is 4.85 Å². The predicted molar refractivity (Wildman–Crippen MR) is 218 cm³/mol. The Kier molecular flexibility index (Phi) is 6.23. The van der Waals surface area contributed by atoms with Gasteiger partial charge in [0.05, 0.1) is 34.4 Å². The van der Waals surface area contributed by atoms with Crippen LogP contribution in [-0.4, -0.2) is 4.57 Å². The average molecular weight is 674 g/mol. The summed E-state index contributed by atoms with van der Waals surface area (Å²) in [6.07, 6.45) is 0. The van der Waals surface area contributed by atoms with Gasteiger partial charge in [-0.3, -0.25) is 0 Å². The highest BCUT2D eigenvalue weighted by Crippen LogP contribution is 2.63. The van der Waals surface area contributed by atoms with E-state index in [1.165, 1.54) is 44.2 Å². The zero-order chi connectivity index (χ0) is 35.1. The van der Waals surface area contributed by atoms with Gasteiger partial charge in [0.15, 0.2) is 5.69 Å². The molecule has 0 radical (unpaired) electrons. The Balaban J connectivity index is 1.24. The van der Waals surface area contributed by atoms with E-state index in [0.717, 1.165) is 44.9 Å². The number of nitrogens with zero attached hydrogens (tertiary/aromatic N) is 3. The highest BCUT2D eigenvalue weighted by atomic mass is 15.2. The molecule has 2 heterocycles. The van der Waals surface area contributed by atoms with Gasteiger partial charge in [0.2, 0.25) is 0 Å². The maximum absolute atomic E-state index is 8.11. The van der Waals surface area contributed by atoms with Crippen molar-refractivity contribution in [3.8, 4) is 27.9 Å². The van der Waals surface area contributed by atoms with E-state index in [9.17, 15) is 0 Å². The molecular formula is C50H31N3. The van der Waals surface area contributed by atoms with E-state index in [2.05, 4.69) is 184 Å². The van der Waals surface area contributed by atoms with Crippen LogP contribution in [0.15, 0.2) is 188 Å². The molecule has 1 aromatic heterocycles. The number of benzene rings is 8. The van der Waals surface area contributed by atoms with Crippen LogP contribution in [0.1, 0.15) is 22.3 Å². The molecule has 2 aliphatic rings. The number of anilines is 3. The fraction of sp³-hybridized carbons (Fsp3) is 0.0200. The molecule has 9 aromatic rings. The summed E-state index contributed by atoms with van der Waals surface area (Å²) in [7, 11) is 0. The summed E-state index contributed by atoms with van der Waals surface area (Å²) in [5, 5.41) is 2.43. The number of aromatic nitrogens is 1. The van der Waals surface area contributed by atoms with Crippen molar-refractivity contribution >= 4 is 44.6 Å². The van der Waals surface area contributed by atoms with Crippen LogP contribution in [0.3, 0.4) is 0 Å². The highest BCUT2D eigenvalue weighted by Gasteiger charge is 2.51. The standard InChI is InChI=1S/C50H31N3/c1-51-45-25-11-4-16-36(45)33-30-34(52-46-26-12-5-19-39(46)40-20-6-13-27-47(40)52)32-35(31-33)53-48-28-14-9-23-43(48)50(44-24-10-15-29-49(44)53)41-21-7-2-17-37(41)38-18-3-8-22-42(38)50/h2-32H. The van der Waals surface area contributed by atoms with Crippen molar-refractivity contribution < 1.29 is 0 Å². The van der Waals surface area contributed by atoms with Crippen LogP contribution in [0, 0.1) is 6.57 Å². The fourth-order valence-corrected chi connectivity index (χ4v) is 9.36. The van der Waals surface area contributed by atoms with Crippen molar-refractivity contribution in [2.45, 2.75) is 5.41 Å². The fourth-order valence-electron chi connectivity index (χ4n) is 9.36. The van der Waals surface area contributed by atoms with Crippen LogP contribution in [0.2, 0.25) is 0 Å². The smallest absolute Gasteiger partial charge is 0.194 e. The van der Waals surface area contributed by atoms with Crippen LogP contribution >= 0.6 is 0 Å². The largest absolute Gasteiger partial charge is 0.310 e. The molecule has 0 saturated carbocycles. The van der Waals surface area contributed by atoms with Gasteiger partial charge >= 0.3 is 0 Å². The monoisotopic (exact) mass is 673 g/mol. The summed E-state index contributed by atoms with van der Waals surface area (Å²) in [5.74, 6) is 0. The lowest BCUT2D eigenvalue weighted by Gasteiger charge is -2.45. The second kappa shape index (κ2) is 11.2. The molecule has 246 valence electrons. The minimum absolute atomic E-state index is 0.485. The van der Waals surface area contributed by atoms with Gasteiger partial charge in [0.1, 0.15) is 0 Å². The molecule has 0 amide bonds. The first-order chi connectivity index (χ1) is 26.3. The van der Waals surface area contributed by atoms with Gasteiger partial charge in [-0.15, -0.1) is 0 Å². The molecule has 3 heteroatoms. The van der Waals surface area contributed by atoms with Crippen molar-refractivity contribution in [3.05, 3.63) is 222 Å². The zero-order valence-corrected chi connectivity index (χ0v) is 28.7. The summed E-state index contributed by atoms with van der Waals surface area (Å²) >= 11 is 0. The molecule has 3 nitrogen and oxygen atoms in total. The van der Waals surface area contributed by atoms with E-state index in [1.54, 1.807) is 0 Å². The normalized spacial score (nSPS) is 13.4. The number of hydrogen-bond donors (Lipinski definition) is 0. The summed E-state index contributed by atoms with van der Waals surface area (Å²) in [4.78, 5) is 6.42. The molecule has 53 heavy (non-hydrogen) atoms. The lowest BCUT2D eigenvalue weighted by Crippen LogP contribution is -2.36. The zero-order valence-electron chi connectivity index (χ0n) is 28.7. The first kappa shape index (κ1) is 29.6. The summed E-state index contributed by atoms with van der Waals surface area (Å²) < 4.78 is 2.38. The van der Waals surface area contributed by atoms with Crippen molar-refractivity contribution in [1.82, 2.24) is 4.57 Å². The number of hydrogen-bond acceptors (Lipinski definition) is 1. The second-order valence-corrected chi connectivity index (χ2v) is 13.9. The maximum Gasteiger partial charge on any atom is 0.194 e. The molecule has 0 bridgehead atoms. The van der Waals surface area contributed by atoms with Crippen molar-refractivity contribution in [1.29, 1.82) is 0 Å². The Labute approximate surface area is 308 Å². The second-order valence-electron chi connectivity index (χ2n) is 13.9. The van der Waals surface area contributed by atoms with Crippen LogP contribution in [-0.2, 0) is 5.41 Å². The first-order valence-corrected chi connectivity index (χ1v) is 18.1. The highest BCUT2D eigenvalue weighted by molar-refractivity contribution is 6.09. The molecule has 1 aliphatic carbocycles. The molecular weight excluding hydrogens is 643 g/mol. The van der Waals surface area contributed by atoms with E-state index in [0.29, 0.717) is 5.69 Å². The van der Waals surface area contributed by atoms with E-state index in [-0.39, 0.29) is 0 Å². The lowest BCUT2D eigenvalue weighted by atomic mass is 9.64. The Morgan fingerprint density at radius 3 is 1.45 bits per heavy atom. The van der Waals surface area contributed by atoms with Gasteiger partial charge in [-0.1, -0.05) is 146 Å². The van der Waals surface area contributed by atoms with Gasteiger partial charge < -0.3 is 9.47 Å². The molecule has 8 aromatic carbocycles. The first-order valence-electron chi connectivity index (χ1n) is 18.1. The van der Waals surface area contributed by atoms with Crippen LogP contribution in [0.4, 0.5) is 22.7 Å². The SMILES string of the molecule is [C-]#[N+]c1ccccc1-c1cc(N2c3ccccc3C3(c4ccccc4-c4ccccc43)c3ccccc32)cc(-n2c3ccccc3c3ccccc32)c1. The van der Waals surface area contributed by atoms with Crippen LogP contribution < -0.4 is 4.90 Å². The Hall–Kier alpha value is -7.15. The number of para-hydroxylation sites is 5. The van der Waals surface area contributed by atoms with E-state index >= 15 is 0 Å². The molecule has 1 aliphatic heterocycles. The molecule has 1 spiro atoms. The molecule has 0 atom stereocenters. The van der Waals surface area contributed by atoms with Crippen molar-refractivity contribution in [2.24, 2.45) is 0 Å². The van der Waals surface area contributed by atoms with Gasteiger partial charge in [0, 0.05) is 22.1 Å². The van der Waals surface area contributed by atoms with Gasteiger partial charge in [-0.2, -0.15) is 0 Å². The van der Waals surface area contributed by atoms with Crippen LogP contribution in [0.25, 0.3) is 54.6 Å². The molecule has 0 N–H and O–H groups in total. The Morgan fingerprint density at radius 2 is 0.868 bits per heavy atom. The topological polar surface area (TPSA) is 12.5 Å². The average Bonchev–Trinajstić information content (AvgIpc) is 3.72. The summed E-state index contributed by atoms with van der Waals surface area (Å²) in [6.45, 7) is 8.11. The van der Waals surface area contributed by atoms with Crippen molar-refractivity contribution in [2.75, 3.05) is 4.90 Å². The molecule has 11 rings (SSSR count). The lowest BCUT2D eigenvalue weighted by molar-refractivity contribution is 0.752. The molecule has 0 fully saturated rings. The number of rotatable bonds is 3. The molecule has 0 saturated heterocycles. The molecule has 0 unspecified atom stereocenters. The van der Waals surface area contributed by atoms with Crippen molar-refractivity contribution in [3.63, 3.8) is 0 Å². The third-order valence-corrected chi connectivity index (χ3v) is 11.4. The quantitative estimate of drug-likeness (QED) is 0.170. The minimum Gasteiger partial charge on any atom is -0.310 e. The predicted octanol–water partition coefficient (Wildman–Crippen LogP) is 13.1. The van der Waals surface area contributed by atoms with Crippen LogP contribution in [0.5, 0.6) is 0 Å². The maximum atomic E-state index is 8.11. The summed E-state index contributed by atoms with van der Waals surface area (Å²) in [6, 6.07) is 67.8. The van der Waals surface area contributed by atoms with E-state index in [4.69, 9.17) is 6.57 Å². The minimum atomic E-state index is -0.485. The number of fused-ring (bicyclic) bond motifs is 12. The Bertz CT molecular complexity index is 2850. The Morgan fingerprint density at radius 1 is 0.415 bits per heavy atom. The van der Waals surface area contributed by atoms with E-state index in [1.807, 2.05) is 18.2 Å². The van der Waals surface area contributed by atoms with Gasteiger partial charge in [-0.05, 0) is 87.0 Å². The third kappa shape index (κ3) is 3.98.